The van der Waals surface area contributed by atoms with Gasteiger partial charge in [-0.15, -0.1) is 0 Å². The Hall–Kier alpha value is -3.25. The maximum atomic E-state index is 13.4. The van der Waals surface area contributed by atoms with Crippen molar-refractivity contribution in [1.29, 1.82) is 0 Å². The number of benzene rings is 3. The zero-order valence-electron chi connectivity index (χ0n) is 17.1. The number of ether oxygens (including phenoxy) is 2. The van der Waals surface area contributed by atoms with Crippen molar-refractivity contribution in [2.24, 2.45) is 0 Å². The summed E-state index contributed by atoms with van der Waals surface area (Å²) in [4.78, 5) is 18.2. The molecule has 30 heavy (non-hydrogen) atoms. The molecule has 0 amide bonds. The van der Waals surface area contributed by atoms with Gasteiger partial charge in [-0.05, 0) is 24.6 Å². The number of nitrogens with zero attached hydrogens (tertiary/aromatic N) is 2. The van der Waals surface area contributed by atoms with Crippen molar-refractivity contribution in [3.8, 4) is 17.2 Å². The van der Waals surface area contributed by atoms with E-state index in [-0.39, 0.29) is 5.56 Å². The van der Waals surface area contributed by atoms with E-state index in [0.29, 0.717) is 39.0 Å². The molecule has 0 aliphatic heterocycles. The van der Waals surface area contributed by atoms with E-state index >= 15 is 0 Å². The van der Waals surface area contributed by atoms with Gasteiger partial charge in [0.2, 0.25) is 0 Å². The van der Waals surface area contributed by atoms with Crippen molar-refractivity contribution in [2.75, 3.05) is 14.2 Å². The molecule has 0 aliphatic carbocycles. The molecule has 0 saturated carbocycles. The van der Waals surface area contributed by atoms with Crippen LogP contribution in [0.25, 0.3) is 16.6 Å². The summed E-state index contributed by atoms with van der Waals surface area (Å²) >= 11 is 1.53. The smallest absolute Gasteiger partial charge is 0.266 e. The van der Waals surface area contributed by atoms with Gasteiger partial charge in [0.25, 0.3) is 5.56 Å². The second-order valence-corrected chi connectivity index (χ2v) is 7.84. The Morgan fingerprint density at radius 2 is 1.67 bits per heavy atom. The second kappa shape index (κ2) is 8.63. The number of para-hydroxylation sites is 1. The summed E-state index contributed by atoms with van der Waals surface area (Å²) in [5.41, 5.74) is 3.59. The Labute approximate surface area is 179 Å². The number of rotatable bonds is 6. The van der Waals surface area contributed by atoms with Crippen LogP contribution in [0.4, 0.5) is 0 Å². The van der Waals surface area contributed by atoms with Crippen LogP contribution in [0.15, 0.2) is 76.7 Å². The van der Waals surface area contributed by atoms with Gasteiger partial charge < -0.3 is 9.47 Å². The first-order chi connectivity index (χ1) is 14.6. The van der Waals surface area contributed by atoms with E-state index < -0.39 is 0 Å². The minimum Gasteiger partial charge on any atom is -0.497 e. The summed E-state index contributed by atoms with van der Waals surface area (Å²) in [7, 11) is 3.18. The van der Waals surface area contributed by atoms with Crippen LogP contribution >= 0.6 is 11.8 Å². The summed E-state index contributed by atoms with van der Waals surface area (Å²) < 4.78 is 12.4. The van der Waals surface area contributed by atoms with Crippen LogP contribution in [-0.2, 0) is 5.75 Å². The van der Waals surface area contributed by atoms with Gasteiger partial charge in [-0.3, -0.25) is 9.36 Å². The van der Waals surface area contributed by atoms with Crippen LogP contribution in [0.5, 0.6) is 11.5 Å². The van der Waals surface area contributed by atoms with E-state index in [1.54, 1.807) is 30.9 Å². The standard InChI is InChI=1S/C24H22N2O3S/c1-16-7-6-8-17(11-16)15-30-24-25-22-10-5-4-9-21(22)23(27)26(24)18-12-19(28-2)14-20(13-18)29-3/h4-14H,15H2,1-3H3. The molecule has 6 heteroatoms. The normalized spacial score (nSPS) is 10.9. The van der Waals surface area contributed by atoms with E-state index in [1.807, 2.05) is 36.4 Å². The highest BCUT2D eigenvalue weighted by molar-refractivity contribution is 7.98. The van der Waals surface area contributed by atoms with Gasteiger partial charge in [0.1, 0.15) is 11.5 Å². The molecule has 4 aromatic rings. The molecule has 4 rings (SSSR count). The van der Waals surface area contributed by atoms with Gasteiger partial charge in [0.15, 0.2) is 5.16 Å². The molecule has 0 spiro atoms. The van der Waals surface area contributed by atoms with Crippen molar-refractivity contribution >= 4 is 22.7 Å². The fraction of sp³-hybridized carbons (Fsp3) is 0.167. The molecular weight excluding hydrogens is 396 g/mol. The largest absolute Gasteiger partial charge is 0.497 e. The van der Waals surface area contributed by atoms with Crippen molar-refractivity contribution in [3.63, 3.8) is 0 Å². The molecule has 5 nitrogen and oxygen atoms in total. The van der Waals surface area contributed by atoms with E-state index in [9.17, 15) is 4.79 Å². The maximum Gasteiger partial charge on any atom is 0.266 e. The van der Waals surface area contributed by atoms with Gasteiger partial charge in [0.05, 0.1) is 30.8 Å². The Kier molecular flexibility index (Phi) is 5.77. The van der Waals surface area contributed by atoms with Crippen LogP contribution < -0.4 is 15.0 Å². The topological polar surface area (TPSA) is 53.4 Å². The number of aromatic nitrogens is 2. The van der Waals surface area contributed by atoms with E-state index in [4.69, 9.17) is 14.5 Å². The number of hydrogen-bond donors (Lipinski definition) is 0. The third-order valence-corrected chi connectivity index (χ3v) is 5.80. The lowest BCUT2D eigenvalue weighted by molar-refractivity contribution is 0.394. The van der Waals surface area contributed by atoms with E-state index in [1.165, 1.54) is 22.9 Å². The van der Waals surface area contributed by atoms with Crippen molar-refractivity contribution in [3.05, 3.63) is 88.2 Å². The lowest BCUT2D eigenvalue weighted by atomic mass is 10.2. The Bertz CT molecular complexity index is 1240. The zero-order chi connectivity index (χ0) is 21.1. The average Bonchev–Trinajstić information content (AvgIpc) is 2.77. The van der Waals surface area contributed by atoms with Gasteiger partial charge >= 0.3 is 0 Å². The number of aryl methyl sites for hydroxylation is 1. The third kappa shape index (κ3) is 4.04. The highest BCUT2D eigenvalue weighted by Crippen LogP contribution is 2.29. The zero-order valence-corrected chi connectivity index (χ0v) is 17.9. The van der Waals surface area contributed by atoms with Crippen LogP contribution in [0.2, 0.25) is 0 Å². The number of methoxy groups -OCH3 is 2. The molecule has 0 aliphatic rings. The van der Waals surface area contributed by atoms with Crippen LogP contribution in [0.1, 0.15) is 11.1 Å². The lowest BCUT2D eigenvalue weighted by Gasteiger charge is -2.15. The first-order valence-electron chi connectivity index (χ1n) is 9.52. The molecular formula is C24H22N2O3S. The van der Waals surface area contributed by atoms with Gasteiger partial charge in [-0.1, -0.05) is 53.7 Å². The van der Waals surface area contributed by atoms with Crippen molar-refractivity contribution in [2.45, 2.75) is 17.8 Å². The molecule has 0 fully saturated rings. The molecule has 152 valence electrons. The van der Waals surface area contributed by atoms with Crippen molar-refractivity contribution < 1.29 is 9.47 Å². The second-order valence-electron chi connectivity index (χ2n) is 6.90. The van der Waals surface area contributed by atoms with Crippen molar-refractivity contribution in [1.82, 2.24) is 9.55 Å². The van der Waals surface area contributed by atoms with Crippen LogP contribution in [0, 0.1) is 6.92 Å². The van der Waals surface area contributed by atoms with Gasteiger partial charge in [0, 0.05) is 24.0 Å². The summed E-state index contributed by atoms with van der Waals surface area (Å²) in [6.07, 6.45) is 0. The van der Waals surface area contributed by atoms with E-state index in [2.05, 4.69) is 25.1 Å². The summed E-state index contributed by atoms with van der Waals surface area (Å²) in [5, 5.41) is 1.19. The molecule has 1 heterocycles. The Morgan fingerprint density at radius 1 is 0.933 bits per heavy atom. The predicted octanol–water partition coefficient (Wildman–Crippen LogP) is 5.00. The molecule has 0 unspecified atom stereocenters. The first kappa shape index (κ1) is 20.0. The summed E-state index contributed by atoms with van der Waals surface area (Å²) in [6, 6.07) is 21.2. The molecule has 1 aromatic heterocycles. The average molecular weight is 419 g/mol. The fourth-order valence-electron chi connectivity index (χ4n) is 3.31. The lowest BCUT2D eigenvalue weighted by Crippen LogP contribution is -2.22. The highest BCUT2D eigenvalue weighted by Gasteiger charge is 2.15. The number of thioether (sulfide) groups is 1. The Morgan fingerprint density at radius 3 is 2.37 bits per heavy atom. The van der Waals surface area contributed by atoms with Gasteiger partial charge in [-0.25, -0.2) is 4.98 Å². The molecule has 0 bridgehead atoms. The number of hydrogen-bond acceptors (Lipinski definition) is 5. The van der Waals surface area contributed by atoms with Crippen LogP contribution in [-0.4, -0.2) is 23.8 Å². The fourth-order valence-corrected chi connectivity index (χ4v) is 4.26. The molecule has 0 N–H and O–H groups in total. The third-order valence-electron chi connectivity index (χ3n) is 4.79. The summed E-state index contributed by atoms with van der Waals surface area (Å²) in [5.74, 6) is 1.92. The number of fused-ring (bicyclic) bond motifs is 1. The van der Waals surface area contributed by atoms with Crippen LogP contribution in [0.3, 0.4) is 0 Å². The quantitative estimate of drug-likeness (QED) is 0.326. The minimum absolute atomic E-state index is 0.123. The summed E-state index contributed by atoms with van der Waals surface area (Å²) in [6.45, 7) is 2.07. The molecule has 0 atom stereocenters. The maximum absolute atomic E-state index is 13.4. The first-order valence-corrected chi connectivity index (χ1v) is 10.5. The monoisotopic (exact) mass is 418 g/mol. The molecule has 0 radical (unpaired) electrons. The predicted molar refractivity (Wildman–Crippen MR) is 121 cm³/mol. The highest BCUT2D eigenvalue weighted by atomic mass is 32.2. The Balaban J connectivity index is 1.87. The SMILES string of the molecule is COc1cc(OC)cc(-n2c(SCc3cccc(C)c3)nc3ccccc3c2=O)c1. The molecule has 0 saturated heterocycles. The molecule has 3 aromatic carbocycles. The van der Waals surface area contributed by atoms with E-state index in [0.717, 1.165) is 0 Å². The minimum atomic E-state index is -0.123. The van der Waals surface area contributed by atoms with Gasteiger partial charge in [-0.2, -0.15) is 0 Å².